The number of thioether (sulfide) groups is 1. The second-order valence-corrected chi connectivity index (χ2v) is 10.0. The maximum Gasteiger partial charge on any atom is 0.243 e. The molecule has 0 radical (unpaired) electrons. The molecule has 0 saturated heterocycles. The van der Waals surface area contributed by atoms with Crippen molar-refractivity contribution < 1.29 is 9.59 Å². The van der Waals surface area contributed by atoms with Crippen molar-refractivity contribution in [3.8, 4) is 0 Å². The average Bonchev–Trinajstić information content (AvgIpc) is 2.70. The van der Waals surface area contributed by atoms with Crippen LogP contribution in [0.3, 0.4) is 0 Å². The molecule has 0 aliphatic carbocycles. The molecule has 1 N–H and O–H groups in total. The normalized spacial score (nSPS) is 12.3. The molecule has 2 aromatic carbocycles. The highest BCUT2D eigenvalue weighted by atomic mass is 35.5. The predicted molar refractivity (Wildman–Crippen MR) is 131 cm³/mol. The number of rotatable bonds is 10. The lowest BCUT2D eigenvalue weighted by Crippen LogP contribution is -2.54. The molecule has 0 saturated carbocycles. The Morgan fingerprint density at radius 2 is 1.74 bits per heavy atom. The van der Waals surface area contributed by atoms with E-state index in [2.05, 4.69) is 5.32 Å². The minimum Gasteiger partial charge on any atom is -0.350 e. The summed E-state index contributed by atoms with van der Waals surface area (Å²) in [6, 6.07) is 17.2. The van der Waals surface area contributed by atoms with Crippen molar-refractivity contribution in [2.45, 2.75) is 57.9 Å². The molecule has 4 nitrogen and oxygen atoms in total. The van der Waals surface area contributed by atoms with E-state index in [9.17, 15) is 9.59 Å². The first-order valence-corrected chi connectivity index (χ1v) is 12.2. The van der Waals surface area contributed by atoms with Crippen molar-refractivity contribution in [2.75, 3.05) is 12.3 Å². The van der Waals surface area contributed by atoms with Crippen LogP contribution >= 0.6 is 23.4 Å². The van der Waals surface area contributed by atoms with Crippen LogP contribution in [-0.2, 0) is 21.8 Å². The fourth-order valence-corrected chi connectivity index (χ4v) is 4.39. The van der Waals surface area contributed by atoms with Crippen molar-refractivity contribution in [3.63, 3.8) is 0 Å². The maximum atomic E-state index is 13.2. The molecule has 168 valence electrons. The van der Waals surface area contributed by atoms with Crippen molar-refractivity contribution >= 4 is 35.2 Å². The zero-order chi connectivity index (χ0) is 22.9. The monoisotopic (exact) mass is 460 g/mol. The fourth-order valence-electron chi connectivity index (χ4n) is 3.31. The van der Waals surface area contributed by atoms with E-state index in [4.69, 9.17) is 11.6 Å². The number of hydrogen-bond acceptors (Lipinski definition) is 3. The molecule has 1 atom stereocenters. The average molecular weight is 461 g/mol. The molecule has 0 aliphatic rings. The van der Waals surface area contributed by atoms with Crippen LogP contribution < -0.4 is 5.32 Å². The first-order chi connectivity index (χ1) is 14.7. The van der Waals surface area contributed by atoms with E-state index >= 15 is 0 Å². The van der Waals surface area contributed by atoms with Gasteiger partial charge in [-0.25, -0.2) is 0 Å². The van der Waals surface area contributed by atoms with Gasteiger partial charge in [0, 0.05) is 22.9 Å². The Balaban J connectivity index is 2.08. The van der Waals surface area contributed by atoms with E-state index in [0.29, 0.717) is 35.9 Å². The van der Waals surface area contributed by atoms with E-state index in [1.165, 1.54) is 0 Å². The van der Waals surface area contributed by atoms with Crippen LogP contribution in [0, 0.1) is 0 Å². The van der Waals surface area contributed by atoms with Gasteiger partial charge in [-0.05, 0) is 56.9 Å². The van der Waals surface area contributed by atoms with Crippen molar-refractivity contribution in [3.05, 3.63) is 70.7 Å². The molecule has 6 heteroatoms. The third-order valence-electron chi connectivity index (χ3n) is 4.75. The van der Waals surface area contributed by atoms with E-state index in [1.807, 2.05) is 82.3 Å². The summed E-state index contributed by atoms with van der Waals surface area (Å²) in [7, 11) is 0. The summed E-state index contributed by atoms with van der Waals surface area (Å²) in [6.45, 7) is 8.32. The van der Waals surface area contributed by atoms with Gasteiger partial charge in [0.05, 0.1) is 5.75 Å². The van der Waals surface area contributed by atoms with Gasteiger partial charge in [-0.2, -0.15) is 0 Å². The highest BCUT2D eigenvalue weighted by molar-refractivity contribution is 7.99. The minimum atomic E-state index is -0.484. The van der Waals surface area contributed by atoms with Crippen LogP contribution in [0.5, 0.6) is 0 Å². The number of hydrogen-bond donors (Lipinski definition) is 1. The Labute approximate surface area is 195 Å². The summed E-state index contributed by atoms with van der Waals surface area (Å²) in [5.41, 5.74) is 1.89. The van der Waals surface area contributed by atoms with Gasteiger partial charge in [-0.15, -0.1) is 11.8 Å². The van der Waals surface area contributed by atoms with E-state index in [0.717, 1.165) is 11.1 Å². The van der Waals surface area contributed by atoms with Gasteiger partial charge in [-0.3, -0.25) is 9.59 Å². The smallest absolute Gasteiger partial charge is 0.243 e. The third-order valence-corrected chi connectivity index (χ3v) is 5.98. The van der Waals surface area contributed by atoms with Crippen LogP contribution in [-0.4, -0.2) is 40.6 Å². The van der Waals surface area contributed by atoms with Crippen LogP contribution in [0.25, 0.3) is 0 Å². The molecule has 2 aromatic rings. The van der Waals surface area contributed by atoms with Gasteiger partial charge in [0.1, 0.15) is 6.04 Å². The second kappa shape index (κ2) is 12.2. The summed E-state index contributed by atoms with van der Waals surface area (Å²) in [5.74, 6) is 0.903. The van der Waals surface area contributed by atoms with Gasteiger partial charge in [-0.1, -0.05) is 61.0 Å². The van der Waals surface area contributed by atoms with Crippen molar-refractivity contribution in [2.24, 2.45) is 0 Å². The number of amides is 2. The molecule has 2 amide bonds. The molecule has 0 aliphatic heterocycles. The standard InChI is InChI=1S/C25H33ClN2O2S/c1-5-22(24(30)27-25(2,3)4)28(15-14-19-10-7-6-8-11-19)23(29)18-31-17-20-12-9-13-21(26)16-20/h6-13,16,22H,5,14-15,17-18H2,1-4H3,(H,27,30)/t22-/m1/s1. The highest BCUT2D eigenvalue weighted by Crippen LogP contribution is 2.18. The zero-order valence-corrected chi connectivity index (χ0v) is 20.4. The van der Waals surface area contributed by atoms with Gasteiger partial charge in [0.2, 0.25) is 11.8 Å². The molecule has 0 unspecified atom stereocenters. The Morgan fingerprint density at radius 1 is 1.06 bits per heavy atom. The number of nitrogens with zero attached hydrogens (tertiary/aromatic N) is 1. The van der Waals surface area contributed by atoms with Crippen molar-refractivity contribution in [1.29, 1.82) is 0 Å². The van der Waals surface area contributed by atoms with Gasteiger partial charge in [0.15, 0.2) is 0 Å². The Morgan fingerprint density at radius 3 is 2.35 bits per heavy atom. The molecule has 0 spiro atoms. The molecule has 0 aromatic heterocycles. The van der Waals surface area contributed by atoms with Crippen LogP contribution in [0.1, 0.15) is 45.2 Å². The summed E-state index contributed by atoms with van der Waals surface area (Å²) in [4.78, 5) is 27.9. The van der Waals surface area contributed by atoms with Crippen LogP contribution in [0.4, 0.5) is 0 Å². The summed E-state index contributed by atoms with van der Waals surface area (Å²) < 4.78 is 0. The largest absolute Gasteiger partial charge is 0.350 e. The fraction of sp³-hybridized carbons (Fsp3) is 0.440. The number of carbonyl (C=O) groups is 2. The van der Waals surface area contributed by atoms with E-state index < -0.39 is 6.04 Å². The van der Waals surface area contributed by atoms with E-state index in [-0.39, 0.29) is 17.4 Å². The summed E-state index contributed by atoms with van der Waals surface area (Å²) in [5, 5.41) is 3.73. The number of halogens is 1. The van der Waals surface area contributed by atoms with Crippen LogP contribution in [0.15, 0.2) is 54.6 Å². The number of nitrogens with one attached hydrogen (secondary N) is 1. The topological polar surface area (TPSA) is 49.4 Å². The summed E-state index contributed by atoms with van der Waals surface area (Å²) in [6.07, 6.45) is 1.28. The highest BCUT2D eigenvalue weighted by Gasteiger charge is 2.30. The van der Waals surface area contributed by atoms with E-state index in [1.54, 1.807) is 16.7 Å². The lowest BCUT2D eigenvalue weighted by Gasteiger charge is -2.33. The molecule has 0 bridgehead atoms. The molecular formula is C25H33ClN2O2S. The lowest BCUT2D eigenvalue weighted by molar-refractivity contribution is -0.139. The summed E-state index contributed by atoms with van der Waals surface area (Å²) >= 11 is 7.60. The van der Waals surface area contributed by atoms with Gasteiger partial charge < -0.3 is 10.2 Å². The van der Waals surface area contributed by atoms with Crippen LogP contribution in [0.2, 0.25) is 5.02 Å². The van der Waals surface area contributed by atoms with Crippen molar-refractivity contribution in [1.82, 2.24) is 10.2 Å². The maximum absolute atomic E-state index is 13.2. The first-order valence-electron chi connectivity index (χ1n) is 10.7. The number of carbonyl (C=O) groups excluding carboxylic acids is 2. The molecular weight excluding hydrogens is 428 g/mol. The Hall–Kier alpha value is -1.98. The quantitative estimate of drug-likeness (QED) is 0.520. The number of benzene rings is 2. The Bertz CT molecular complexity index is 852. The van der Waals surface area contributed by atoms with Gasteiger partial charge in [0.25, 0.3) is 0 Å². The lowest BCUT2D eigenvalue weighted by atomic mass is 10.1. The SMILES string of the molecule is CC[C@H](C(=O)NC(C)(C)C)N(CCc1ccccc1)C(=O)CSCc1cccc(Cl)c1. The minimum absolute atomic E-state index is 0.0149. The second-order valence-electron chi connectivity index (χ2n) is 8.61. The zero-order valence-electron chi connectivity index (χ0n) is 18.9. The molecule has 31 heavy (non-hydrogen) atoms. The van der Waals surface area contributed by atoms with Gasteiger partial charge >= 0.3 is 0 Å². The molecule has 2 rings (SSSR count). The third kappa shape index (κ3) is 8.96. The first kappa shape index (κ1) is 25.3. The Kier molecular flexibility index (Phi) is 9.92. The molecule has 0 fully saturated rings. The molecule has 0 heterocycles. The predicted octanol–water partition coefficient (Wildman–Crippen LogP) is 5.34.